The second-order valence-corrected chi connectivity index (χ2v) is 12.7. The zero-order valence-corrected chi connectivity index (χ0v) is 25.5. The monoisotopic (exact) mass is 591 g/mol. The van der Waals surface area contributed by atoms with Gasteiger partial charge in [0.05, 0.1) is 17.7 Å². The molecule has 1 aliphatic rings. The molecule has 4 rings (SSSR count). The number of amides is 2. The summed E-state index contributed by atoms with van der Waals surface area (Å²) in [6.07, 6.45) is 5.70. The number of anilines is 1. The molecule has 0 saturated heterocycles. The van der Waals surface area contributed by atoms with Crippen LogP contribution in [0.4, 0.5) is 5.69 Å². The third-order valence-corrected chi connectivity index (χ3v) is 9.64. The number of hydrogen-bond acceptors (Lipinski definition) is 5. The van der Waals surface area contributed by atoms with E-state index in [-0.39, 0.29) is 23.4 Å². The molecule has 2 amide bonds. The van der Waals surface area contributed by atoms with Gasteiger partial charge in [-0.2, -0.15) is 0 Å². The van der Waals surface area contributed by atoms with Gasteiger partial charge in [0.1, 0.15) is 18.3 Å². The van der Waals surface area contributed by atoms with Gasteiger partial charge in [0, 0.05) is 12.6 Å². The molecule has 42 heavy (non-hydrogen) atoms. The highest BCUT2D eigenvalue weighted by Crippen LogP contribution is 2.26. The van der Waals surface area contributed by atoms with Crippen molar-refractivity contribution >= 4 is 27.5 Å². The number of hydrogen-bond donors (Lipinski definition) is 1. The van der Waals surface area contributed by atoms with E-state index in [1.165, 1.54) is 30.6 Å². The largest absolute Gasteiger partial charge is 0.497 e. The summed E-state index contributed by atoms with van der Waals surface area (Å²) in [5.41, 5.74) is 2.35. The van der Waals surface area contributed by atoms with Crippen molar-refractivity contribution in [3.8, 4) is 5.75 Å². The molecular formula is C33H41N3O5S. The summed E-state index contributed by atoms with van der Waals surface area (Å²) < 4.78 is 34.2. The molecule has 0 heterocycles. The molecule has 0 spiro atoms. The number of benzene rings is 3. The van der Waals surface area contributed by atoms with Gasteiger partial charge in [-0.25, -0.2) is 8.42 Å². The SMILES string of the molecule is COc1ccc(S(=O)(=O)N(CC(=O)N(CCc2ccccc2)[C@@H](C)C(=O)NC2CCCCC2)c2ccc(C)cc2)cc1. The van der Waals surface area contributed by atoms with Gasteiger partial charge in [-0.1, -0.05) is 67.3 Å². The Bertz CT molecular complexity index is 1420. The van der Waals surface area contributed by atoms with E-state index in [9.17, 15) is 18.0 Å². The fourth-order valence-electron chi connectivity index (χ4n) is 5.25. The Balaban J connectivity index is 1.63. The first-order chi connectivity index (χ1) is 20.2. The number of nitrogens with zero attached hydrogens (tertiary/aromatic N) is 2. The molecule has 0 unspecified atom stereocenters. The lowest BCUT2D eigenvalue weighted by Crippen LogP contribution is -2.53. The lowest BCUT2D eigenvalue weighted by molar-refractivity contribution is -0.139. The minimum Gasteiger partial charge on any atom is -0.497 e. The standard InChI is InChI=1S/C33H41N3O5S/c1-25-14-16-29(17-15-25)36(42(39,40)31-20-18-30(41-3)19-21-31)24-32(37)35(23-22-27-10-6-4-7-11-27)26(2)33(38)34-28-12-8-5-9-13-28/h4,6-7,10-11,14-21,26,28H,5,8-9,12-13,22-24H2,1-3H3,(H,34,38)/t26-/m0/s1. The Morgan fingerprint density at radius 2 is 1.57 bits per heavy atom. The quantitative estimate of drug-likeness (QED) is 0.316. The summed E-state index contributed by atoms with van der Waals surface area (Å²) in [4.78, 5) is 29.0. The smallest absolute Gasteiger partial charge is 0.264 e. The molecule has 1 N–H and O–H groups in total. The zero-order chi connectivity index (χ0) is 30.1. The Kier molecular flexibility index (Phi) is 10.6. The lowest BCUT2D eigenvalue weighted by Gasteiger charge is -2.33. The molecule has 0 aromatic heterocycles. The molecule has 0 bridgehead atoms. The number of carbonyl (C=O) groups excluding carboxylic acids is 2. The fourth-order valence-corrected chi connectivity index (χ4v) is 6.67. The molecule has 3 aromatic carbocycles. The number of rotatable bonds is 12. The molecule has 3 aromatic rings. The predicted molar refractivity (Wildman–Crippen MR) is 165 cm³/mol. The summed E-state index contributed by atoms with van der Waals surface area (Å²) in [5.74, 6) is -0.144. The molecule has 1 atom stereocenters. The van der Waals surface area contributed by atoms with Gasteiger partial charge in [-0.05, 0) is 75.1 Å². The molecule has 1 saturated carbocycles. The van der Waals surface area contributed by atoms with E-state index in [2.05, 4.69) is 5.32 Å². The Morgan fingerprint density at radius 3 is 2.19 bits per heavy atom. The van der Waals surface area contributed by atoms with E-state index >= 15 is 0 Å². The summed E-state index contributed by atoms with van der Waals surface area (Å²) in [6.45, 7) is 3.45. The second kappa shape index (κ2) is 14.4. The number of ether oxygens (including phenoxy) is 1. The fraction of sp³-hybridized carbons (Fsp3) is 0.394. The number of methoxy groups -OCH3 is 1. The molecule has 1 aliphatic carbocycles. The third-order valence-electron chi connectivity index (χ3n) is 7.85. The van der Waals surface area contributed by atoms with E-state index in [0.717, 1.165) is 41.1 Å². The number of nitrogens with one attached hydrogen (secondary N) is 1. The summed E-state index contributed by atoms with van der Waals surface area (Å²) in [7, 11) is -2.62. The van der Waals surface area contributed by atoms with E-state index in [0.29, 0.717) is 17.9 Å². The first-order valence-electron chi connectivity index (χ1n) is 14.6. The van der Waals surface area contributed by atoms with Crippen molar-refractivity contribution in [1.82, 2.24) is 10.2 Å². The first kappa shape index (κ1) is 31.1. The Hall–Kier alpha value is -3.85. The molecular weight excluding hydrogens is 550 g/mol. The van der Waals surface area contributed by atoms with Gasteiger partial charge >= 0.3 is 0 Å². The average molecular weight is 592 g/mol. The van der Waals surface area contributed by atoms with Crippen LogP contribution in [0.1, 0.15) is 50.2 Å². The molecule has 9 heteroatoms. The lowest BCUT2D eigenvalue weighted by atomic mass is 9.95. The highest BCUT2D eigenvalue weighted by Gasteiger charge is 2.33. The van der Waals surface area contributed by atoms with Crippen molar-refractivity contribution in [2.75, 3.05) is 24.5 Å². The van der Waals surface area contributed by atoms with Crippen LogP contribution >= 0.6 is 0 Å². The van der Waals surface area contributed by atoms with E-state index in [1.54, 1.807) is 31.2 Å². The second-order valence-electron chi connectivity index (χ2n) is 10.9. The number of sulfonamides is 1. The number of aryl methyl sites for hydroxylation is 1. The minimum absolute atomic E-state index is 0.0376. The van der Waals surface area contributed by atoms with Crippen LogP contribution in [0, 0.1) is 6.92 Å². The maximum absolute atomic E-state index is 14.1. The van der Waals surface area contributed by atoms with E-state index < -0.39 is 28.5 Å². The predicted octanol–water partition coefficient (Wildman–Crippen LogP) is 5.11. The molecule has 0 radical (unpaired) electrons. The summed E-state index contributed by atoms with van der Waals surface area (Å²) in [6, 6.07) is 22.1. The number of carbonyl (C=O) groups is 2. The summed E-state index contributed by atoms with van der Waals surface area (Å²) >= 11 is 0. The molecule has 224 valence electrons. The van der Waals surface area contributed by atoms with E-state index in [4.69, 9.17) is 4.74 Å². The van der Waals surface area contributed by atoms with Gasteiger partial charge in [-0.3, -0.25) is 13.9 Å². The van der Waals surface area contributed by atoms with Crippen LogP contribution in [0.2, 0.25) is 0 Å². The van der Waals surface area contributed by atoms with Crippen LogP contribution < -0.4 is 14.4 Å². The third kappa shape index (κ3) is 7.91. The van der Waals surface area contributed by atoms with Crippen LogP contribution in [-0.2, 0) is 26.0 Å². The highest BCUT2D eigenvalue weighted by atomic mass is 32.2. The van der Waals surface area contributed by atoms with Gasteiger partial charge < -0.3 is 15.0 Å². The van der Waals surface area contributed by atoms with Crippen molar-refractivity contribution < 1.29 is 22.7 Å². The van der Waals surface area contributed by atoms with Crippen LogP contribution in [-0.4, -0.2) is 57.4 Å². The maximum atomic E-state index is 14.1. The van der Waals surface area contributed by atoms with Crippen molar-refractivity contribution in [3.63, 3.8) is 0 Å². The van der Waals surface area contributed by atoms with Crippen molar-refractivity contribution in [2.24, 2.45) is 0 Å². The minimum atomic E-state index is -4.13. The molecule has 0 aliphatic heterocycles. The molecule has 8 nitrogen and oxygen atoms in total. The van der Waals surface area contributed by atoms with Gasteiger partial charge in [0.25, 0.3) is 10.0 Å². The van der Waals surface area contributed by atoms with Crippen LogP contribution in [0.5, 0.6) is 5.75 Å². The first-order valence-corrected chi connectivity index (χ1v) is 16.0. The summed E-state index contributed by atoms with van der Waals surface area (Å²) in [5, 5.41) is 3.13. The zero-order valence-electron chi connectivity index (χ0n) is 24.7. The van der Waals surface area contributed by atoms with Gasteiger partial charge in [0.15, 0.2) is 0 Å². The highest BCUT2D eigenvalue weighted by molar-refractivity contribution is 7.92. The van der Waals surface area contributed by atoms with Crippen molar-refractivity contribution in [2.45, 2.75) is 69.4 Å². The Labute approximate surface area is 249 Å². The van der Waals surface area contributed by atoms with Gasteiger partial charge in [-0.15, -0.1) is 0 Å². The van der Waals surface area contributed by atoms with E-state index in [1.807, 2.05) is 49.4 Å². The van der Waals surface area contributed by atoms with Crippen molar-refractivity contribution in [3.05, 3.63) is 90.0 Å². The molecule has 1 fully saturated rings. The normalized spacial score (nSPS) is 14.5. The maximum Gasteiger partial charge on any atom is 0.264 e. The average Bonchev–Trinajstić information content (AvgIpc) is 3.01. The Morgan fingerprint density at radius 1 is 0.929 bits per heavy atom. The van der Waals surface area contributed by atoms with Gasteiger partial charge in [0.2, 0.25) is 11.8 Å². The van der Waals surface area contributed by atoms with Crippen LogP contribution in [0.15, 0.2) is 83.8 Å². The van der Waals surface area contributed by atoms with Crippen molar-refractivity contribution in [1.29, 1.82) is 0 Å². The van der Waals surface area contributed by atoms with Crippen LogP contribution in [0.3, 0.4) is 0 Å². The topological polar surface area (TPSA) is 96.0 Å². The van der Waals surface area contributed by atoms with Crippen LogP contribution in [0.25, 0.3) is 0 Å².